The molecule has 94 valence electrons. The molecule has 0 aromatic heterocycles. The molecule has 0 radical (unpaired) electrons. The molecule has 2 aromatic rings. The summed E-state index contributed by atoms with van der Waals surface area (Å²) in [7, 11) is 0. The molecule has 0 aliphatic rings. The maximum absolute atomic E-state index is 6.06. The van der Waals surface area contributed by atoms with Gasteiger partial charge in [0.25, 0.3) is 0 Å². The van der Waals surface area contributed by atoms with Crippen molar-refractivity contribution in [1.82, 2.24) is 0 Å². The minimum absolute atomic E-state index is 0.285. The molecule has 0 saturated carbocycles. The molecule has 5 heteroatoms. The van der Waals surface area contributed by atoms with Crippen molar-refractivity contribution in [1.29, 1.82) is 0 Å². The number of hydrogen-bond donors (Lipinski definition) is 1. The van der Waals surface area contributed by atoms with Crippen molar-refractivity contribution >= 4 is 34.8 Å². The Morgan fingerprint density at radius 1 is 0.889 bits per heavy atom. The maximum atomic E-state index is 6.06. The monoisotopic (exact) mass is 301 g/mol. The lowest BCUT2D eigenvalue weighted by molar-refractivity contribution is 0.477. The Labute approximate surface area is 120 Å². The van der Waals surface area contributed by atoms with Crippen molar-refractivity contribution in [2.45, 2.75) is 6.54 Å². The first kappa shape index (κ1) is 13.5. The Morgan fingerprint density at radius 2 is 1.50 bits per heavy atom. The molecule has 0 aliphatic carbocycles. The van der Waals surface area contributed by atoms with Gasteiger partial charge in [0.1, 0.15) is 16.5 Å². The van der Waals surface area contributed by atoms with Gasteiger partial charge in [-0.1, -0.05) is 46.9 Å². The highest BCUT2D eigenvalue weighted by Crippen LogP contribution is 2.36. The normalized spacial score (nSPS) is 10.4. The van der Waals surface area contributed by atoms with E-state index in [1.165, 1.54) is 0 Å². The number of benzene rings is 2. The van der Waals surface area contributed by atoms with Gasteiger partial charge >= 0.3 is 0 Å². The van der Waals surface area contributed by atoms with Crippen molar-refractivity contribution in [2.75, 3.05) is 0 Å². The fourth-order valence-corrected chi connectivity index (χ4v) is 2.09. The average molecular weight is 303 g/mol. The fraction of sp³-hybridized carbons (Fsp3) is 0.0769. The molecule has 0 aliphatic heterocycles. The molecule has 2 nitrogen and oxygen atoms in total. The van der Waals surface area contributed by atoms with E-state index in [0.29, 0.717) is 26.6 Å². The van der Waals surface area contributed by atoms with Gasteiger partial charge in [0, 0.05) is 17.1 Å². The van der Waals surface area contributed by atoms with Crippen molar-refractivity contribution in [2.24, 2.45) is 5.73 Å². The molecule has 2 aromatic carbocycles. The summed E-state index contributed by atoms with van der Waals surface area (Å²) >= 11 is 18.0. The van der Waals surface area contributed by atoms with Crippen molar-refractivity contribution in [3.63, 3.8) is 0 Å². The topological polar surface area (TPSA) is 35.2 Å². The van der Waals surface area contributed by atoms with Crippen molar-refractivity contribution in [3.8, 4) is 11.5 Å². The van der Waals surface area contributed by atoms with Gasteiger partial charge in [-0.25, -0.2) is 0 Å². The van der Waals surface area contributed by atoms with E-state index >= 15 is 0 Å². The van der Waals surface area contributed by atoms with Gasteiger partial charge < -0.3 is 10.5 Å². The van der Waals surface area contributed by atoms with E-state index < -0.39 is 0 Å². The van der Waals surface area contributed by atoms with Gasteiger partial charge in [0.2, 0.25) is 0 Å². The van der Waals surface area contributed by atoms with Crippen LogP contribution < -0.4 is 10.5 Å². The summed E-state index contributed by atoms with van der Waals surface area (Å²) in [5.41, 5.74) is 6.38. The van der Waals surface area contributed by atoms with Gasteiger partial charge in [-0.3, -0.25) is 0 Å². The summed E-state index contributed by atoms with van der Waals surface area (Å²) < 4.78 is 5.71. The van der Waals surface area contributed by atoms with Crippen LogP contribution in [-0.2, 0) is 6.54 Å². The highest BCUT2D eigenvalue weighted by molar-refractivity contribution is 6.42. The maximum Gasteiger partial charge on any atom is 0.147 e. The third-order valence-corrected chi connectivity index (χ3v) is 3.57. The van der Waals surface area contributed by atoms with Gasteiger partial charge in [-0.15, -0.1) is 0 Å². The average Bonchev–Trinajstić information content (AvgIpc) is 2.35. The summed E-state index contributed by atoms with van der Waals surface area (Å²) in [4.78, 5) is 0. The quantitative estimate of drug-likeness (QED) is 0.875. The minimum Gasteiger partial charge on any atom is -0.455 e. The Hall–Kier alpha value is -0.930. The van der Waals surface area contributed by atoms with Gasteiger partial charge in [0.05, 0.1) is 5.02 Å². The first-order valence-corrected chi connectivity index (χ1v) is 6.36. The SMILES string of the molecule is NCc1c(Cl)cccc1Oc1cccc(Cl)c1Cl. The predicted octanol–water partition coefficient (Wildman–Crippen LogP) is 4.90. The molecular formula is C13H10Cl3NO. The lowest BCUT2D eigenvalue weighted by Gasteiger charge is -2.12. The van der Waals surface area contributed by atoms with Crippen LogP contribution in [0, 0.1) is 0 Å². The first-order valence-electron chi connectivity index (χ1n) is 5.23. The van der Waals surface area contributed by atoms with Crippen LogP contribution in [0.25, 0.3) is 0 Å². The summed E-state index contributed by atoms with van der Waals surface area (Å²) in [5.74, 6) is 1.05. The molecule has 0 fully saturated rings. The van der Waals surface area contributed by atoms with E-state index in [4.69, 9.17) is 45.3 Å². The molecule has 2 rings (SSSR count). The zero-order chi connectivity index (χ0) is 13.1. The Bertz CT molecular complexity index is 572. The number of halogens is 3. The lowest BCUT2D eigenvalue weighted by Crippen LogP contribution is -2.00. The molecule has 18 heavy (non-hydrogen) atoms. The van der Waals surface area contributed by atoms with Crippen LogP contribution >= 0.6 is 34.8 Å². The highest BCUT2D eigenvalue weighted by Gasteiger charge is 2.11. The van der Waals surface area contributed by atoms with Crippen LogP contribution in [0.3, 0.4) is 0 Å². The zero-order valence-corrected chi connectivity index (χ0v) is 11.6. The molecule has 0 heterocycles. The molecule has 0 unspecified atom stereocenters. The van der Waals surface area contributed by atoms with E-state index in [1.54, 1.807) is 36.4 Å². The van der Waals surface area contributed by atoms with E-state index in [9.17, 15) is 0 Å². The molecule has 0 spiro atoms. The van der Waals surface area contributed by atoms with Crippen LogP contribution in [0.2, 0.25) is 15.1 Å². The number of ether oxygens (including phenoxy) is 1. The Kier molecular flexibility index (Phi) is 4.36. The first-order chi connectivity index (χ1) is 8.63. The minimum atomic E-state index is 0.285. The van der Waals surface area contributed by atoms with E-state index in [0.717, 1.165) is 5.56 Å². The largest absolute Gasteiger partial charge is 0.455 e. The van der Waals surface area contributed by atoms with E-state index in [2.05, 4.69) is 0 Å². The van der Waals surface area contributed by atoms with Crippen LogP contribution in [0.1, 0.15) is 5.56 Å². The molecule has 0 amide bonds. The van der Waals surface area contributed by atoms with E-state index in [1.807, 2.05) is 0 Å². The molecule has 0 atom stereocenters. The van der Waals surface area contributed by atoms with Crippen molar-refractivity contribution < 1.29 is 4.74 Å². The lowest BCUT2D eigenvalue weighted by atomic mass is 10.2. The second kappa shape index (κ2) is 5.81. The Balaban J connectivity index is 2.40. The molecule has 0 saturated heterocycles. The number of rotatable bonds is 3. The number of hydrogen-bond acceptors (Lipinski definition) is 2. The molecular weight excluding hydrogens is 293 g/mol. The fourth-order valence-electron chi connectivity index (χ4n) is 1.51. The highest BCUT2D eigenvalue weighted by atomic mass is 35.5. The van der Waals surface area contributed by atoms with Gasteiger partial charge in [-0.2, -0.15) is 0 Å². The van der Waals surface area contributed by atoms with Gasteiger partial charge in [-0.05, 0) is 24.3 Å². The predicted molar refractivity (Wildman–Crippen MR) is 75.9 cm³/mol. The third kappa shape index (κ3) is 2.73. The van der Waals surface area contributed by atoms with Crippen LogP contribution in [0.15, 0.2) is 36.4 Å². The van der Waals surface area contributed by atoms with Crippen LogP contribution in [-0.4, -0.2) is 0 Å². The van der Waals surface area contributed by atoms with E-state index in [-0.39, 0.29) is 6.54 Å². The third-order valence-electron chi connectivity index (χ3n) is 2.42. The zero-order valence-electron chi connectivity index (χ0n) is 9.29. The second-order valence-electron chi connectivity index (χ2n) is 3.57. The van der Waals surface area contributed by atoms with Gasteiger partial charge in [0.15, 0.2) is 0 Å². The van der Waals surface area contributed by atoms with Crippen LogP contribution in [0.5, 0.6) is 11.5 Å². The number of nitrogens with two attached hydrogens (primary N) is 1. The van der Waals surface area contributed by atoms with Crippen LogP contribution in [0.4, 0.5) is 0 Å². The van der Waals surface area contributed by atoms with Crippen molar-refractivity contribution in [3.05, 3.63) is 57.0 Å². The summed E-state index contributed by atoms with van der Waals surface area (Å²) in [5, 5.41) is 1.36. The summed E-state index contributed by atoms with van der Waals surface area (Å²) in [6.07, 6.45) is 0. The smallest absolute Gasteiger partial charge is 0.147 e. The second-order valence-corrected chi connectivity index (χ2v) is 4.77. The summed E-state index contributed by atoms with van der Waals surface area (Å²) in [6.45, 7) is 0.285. The standard InChI is InChI=1S/C13H10Cl3NO/c14-9-3-1-5-11(8(9)7-17)18-12-6-2-4-10(15)13(12)16/h1-6H,7,17H2. The molecule has 0 bridgehead atoms. The molecule has 2 N–H and O–H groups in total. The summed E-state index contributed by atoms with van der Waals surface area (Å²) in [6, 6.07) is 10.5. The Morgan fingerprint density at radius 3 is 2.17 bits per heavy atom.